The summed E-state index contributed by atoms with van der Waals surface area (Å²) in [5.41, 5.74) is 7.47. The predicted octanol–water partition coefficient (Wildman–Crippen LogP) is 3.81. The Morgan fingerprint density at radius 1 is 1.17 bits per heavy atom. The van der Waals surface area contributed by atoms with Gasteiger partial charge in [0, 0.05) is 54.9 Å². The van der Waals surface area contributed by atoms with E-state index in [-0.39, 0.29) is 17.3 Å². The molecule has 1 unspecified atom stereocenters. The molecule has 2 amide bonds. The first-order valence-corrected chi connectivity index (χ1v) is 11.5. The summed E-state index contributed by atoms with van der Waals surface area (Å²) in [7, 11) is 0. The highest BCUT2D eigenvalue weighted by Gasteiger charge is 2.47. The van der Waals surface area contributed by atoms with Crippen LogP contribution in [0.2, 0.25) is 0 Å². The summed E-state index contributed by atoms with van der Waals surface area (Å²) in [4.78, 5) is 22.8. The van der Waals surface area contributed by atoms with E-state index in [4.69, 9.17) is 5.73 Å². The number of nitrogens with one attached hydrogen (secondary N) is 1. The summed E-state index contributed by atoms with van der Waals surface area (Å²) >= 11 is 0. The molecule has 1 saturated heterocycles. The molecule has 190 valence electrons. The maximum atomic E-state index is 13.1. The lowest BCUT2D eigenvalue weighted by molar-refractivity contribution is -0.274. The van der Waals surface area contributed by atoms with Gasteiger partial charge in [0.2, 0.25) is 0 Å². The minimum atomic E-state index is -4.88. The van der Waals surface area contributed by atoms with Crippen molar-refractivity contribution >= 4 is 11.8 Å². The first kappa shape index (κ1) is 23.9. The zero-order valence-electron chi connectivity index (χ0n) is 19.8. The number of nitrogens with zero attached hydrogens (tertiary/aromatic N) is 5. The number of hydrogen-bond acceptors (Lipinski definition) is 6. The number of ether oxygens (including phenoxy) is 1. The third-order valence-electron chi connectivity index (χ3n) is 6.99. The number of anilines is 1. The number of alkyl halides is 3. The maximum Gasteiger partial charge on any atom is 0.573 e. The van der Waals surface area contributed by atoms with Crippen molar-refractivity contribution in [2.45, 2.75) is 50.6 Å². The van der Waals surface area contributed by atoms with Gasteiger partial charge >= 0.3 is 12.4 Å². The number of nitrogens with two attached hydrogens (primary N) is 1. The highest BCUT2D eigenvalue weighted by atomic mass is 19.4. The molecule has 2 aliphatic rings. The van der Waals surface area contributed by atoms with Gasteiger partial charge < -0.3 is 20.7 Å². The van der Waals surface area contributed by atoms with Gasteiger partial charge in [-0.1, -0.05) is 0 Å². The number of likely N-dealkylation sites (tertiary alicyclic amines) is 1. The second kappa shape index (κ2) is 8.38. The molecule has 36 heavy (non-hydrogen) atoms. The normalized spacial score (nSPS) is 19.5. The molecule has 1 fully saturated rings. The SMILES string of the molecule is CC(C)(NC(=O)N1CCC2(CCn3nc(-c4cnc(N)c(OC(F)(F)F)c4)cc32)C1)c1ccncc1. The summed E-state index contributed by atoms with van der Waals surface area (Å²) < 4.78 is 44.0. The van der Waals surface area contributed by atoms with Gasteiger partial charge in [-0.15, -0.1) is 13.2 Å². The monoisotopic (exact) mass is 501 g/mol. The van der Waals surface area contributed by atoms with Crippen LogP contribution in [0.1, 0.15) is 37.9 Å². The number of carbonyl (C=O) groups is 1. The van der Waals surface area contributed by atoms with Crippen molar-refractivity contribution in [3.63, 3.8) is 0 Å². The summed E-state index contributed by atoms with van der Waals surface area (Å²) in [6.45, 7) is 5.66. The fourth-order valence-corrected chi connectivity index (χ4v) is 5.05. The van der Waals surface area contributed by atoms with Gasteiger partial charge in [-0.2, -0.15) is 5.10 Å². The van der Waals surface area contributed by atoms with E-state index in [0.29, 0.717) is 30.9 Å². The molecule has 5 rings (SSSR count). The van der Waals surface area contributed by atoms with Crippen molar-refractivity contribution in [2.75, 3.05) is 18.8 Å². The highest BCUT2D eigenvalue weighted by molar-refractivity contribution is 5.76. The predicted molar refractivity (Wildman–Crippen MR) is 125 cm³/mol. The number of nitrogen functional groups attached to an aromatic ring is 1. The average Bonchev–Trinajstić information content (AvgIpc) is 3.52. The van der Waals surface area contributed by atoms with Crippen molar-refractivity contribution < 1.29 is 22.7 Å². The van der Waals surface area contributed by atoms with Crippen LogP contribution >= 0.6 is 0 Å². The standard InChI is InChI=1S/C24H26F3N7O2/c1-22(2,16-3-7-29-8-4-16)31-21(35)33-9-5-23(14-33)6-10-34-19(23)12-17(32-34)15-11-18(20(28)30-13-15)36-24(25,26)27/h3-4,7-8,11-13H,5-6,9-10,14H2,1-2H3,(H2,28,30)(H,31,35). The van der Waals surface area contributed by atoms with Crippen molar-refractivity contribution in [3.8, 4) is 17.0 Å². The second-order valence-electron chi connectivity index (χ2n) is 9.79. The number of fused-ring (bicyclic) bond motifs is 2. The van der Waals surface area contributed by atoms with Crippen molar-refractivity contribution in [2.24, 2.45) is 0 Å². The van der Waals surface area contributed by atoms with Crippen LogP contribution in [-0.2, 0) is 17.5 Å². The molecule has 3 N–H and O–H groups in total. The van der Waals surface area contributed by atoms with Crippen LogP contribution in [0.5, 0.6) is 5.75 Å². The van der Waals surface area contributed by atoms with Gasteiger partial charge in [0.25, 0.3) is 0 Å². The lowest BCUT2D eigenvalue weighted by Crippen LogP contribution is -2.48. The van der Waals surface area contributed by atoms with Crippen molar-refractivity contribution in [1.82, 2.24) is 30.0 Å². The number of rotatable bonds is 4. The van der Waals surface area contributed by atoms with Gasteiger partial charge in [-0.3, -0.25) is 9.67 Å². The van der Waals surface area contributed by atoms with Crippen LogP contribution < -0.4 is 15.8 Å². The molecule has 9 nitrogen and oxygen atoms in total. The van der Waals surface area contributed by atoms with Gasteiger partial charge in [-0.05, 0) is 56.5 Å². The van der Waals surface area contributed by atoms with Crippen LogP contribution in [0.4, 0.5) is 23.8 Å². The molecule has 0 radical (unpaired) electrons. The third kappa shape index (κ3) is 4.42. The summed E-state index contributed by atoms with van der Waals surface area (Å²) in [6.07, 6.45) is 1.48. The van der Waals surface area contributed by atoms with E-state index in [2.05, 4.69) is 25.1 Å². The lowest BCUT2D eigenvalue weighted by Gasteiger charge is -2.30. The van der Waals surface area contributed by atoms with Crippen LogP contribution in [-0.4, -0.2) is 50.1 Å². The molecule has 2 aliphatic heterocycles. The van der Waals surface area contributed by atoms with Crippen molar-refractivity contribution in [1.29, 1.82) is 0 Å². The summed E-state index contributed by atoms with van der Waals surface area (Å²) in [5.74, 6) is -0.921. The molecule has 1 spiro atoms. The van der Waals surface area contributed by atoms with Crippen LogP contribution in [0, 0.1) is 0 Å². The van der Waals surface area contributed by atoms with Gasteiger partial charge in [0.15, 0.2) is 11.6 Å². The Morgan fingerprint density at radius 3 is 2.61 bits per heavy atom. The lowest BCUT2D eigenvalue weighted by atomic mass is 9.82. The van der Waals surface area contributed by atoms with E-state index < -0.39 is 17.7 Å². The van der Waals surface area contributed by atoms with Crippen molar-refractivity contribution in [3.05, 3.63) is 54.1 Å². The summed E-state index contributed by atoms with van der Waals surface area (Å²) in [6, 6.07) is 6.65. The molecule has 3 aromatic heterocycles. The minimum Gasteiger partial charge on any atom is -0.402 e. The summed E-state index contributed by atoms with van der Waals surface area (Å²) in [5, 5.41) is 7.71. The van der Waals surface area contributed by atoms with E-state index >= 15 is 0 Å². The Hall–Kier alpha value is -3.83. The molecule has 0 saturated carbocycles. The fraction of sp³-hybridized carbons (Fsp3) is 0.417. The Bertz CT molecular complexity index is 1290. The van der Waals surface area contributed by atoms with Gasteiger partial charge in [0.1, 0.15) is 0 Å². The first-order valence-electron chi connectivity index (χ1n) is 11.5. The second-order valence-corrected chi connectivity index (χ2v) is 9.79. The maximum absolute atomic E-state index is 13.1. The molecule has 1 atom stereocenters. The number of carbonyl (C=O) groups excluding carboxylic acids is 1. The number of aryl methyl sites for hydroxylation is 1. The third-order valence-corrected chi connectivity index (χ3v) is 6.99. The van der Waals surface area contributed by atoms with Gasteiger partial charge in [0.05, 0.1) is 11.2 Å². The number of urea groups is 1. The van der Waals surface area contributed by atoms with E-state index in [1.54, 1.807) is 12.4 Å². The Labute approximate surface area is 205 Å². The number of hydrogen-bond donors (Lipinski definition) is 2. The molecule has 0 aromatic carbocycles. The first-order chi connectivity index (χ1) is 17.0. The molecule has 5 heterocycles. The Morgan fingerprint density at radius 2 is 1.89 bits per heavy atom. The molecular formula is C24H26F3N7O2. The van der Waals surface area contributed by atoms with Crippen LogP contribution in [0.25, 0.3) is 11.3 Å². The number of amides is 2. The van der Waals surface area contributed by atoms with E-state index in [1.165, 1.54) is 12.3 Å². The molecule has 0 bridgehead atoms. The number of halogens is 3. The van der Waals surface area contributed by atoms with Crippen LogP contribution in [0.15, 0.2) is 42.9 Å². The zero-order chi connectivity index (χ0) is 25.7. The average molecular weight is 502 g/mol. The highest BCUT2D eigenvalue weighted by Crippen LogP contribution is 2.44. The zero-order valence-corrected chi connectivity index (χ0v) is 19.8. The molecule has 12 heteroatoms. The fourth-order valence-electron chi connectivity index (χ4n) is 5.05. The van der Waals surface area contributed by atoms with Gasteiger partial charge in [-0.25, -0.2) is 9.78 Å². The smallest absolute Gasteiger partial charge is 0.402 e. The van der Waals surface area contributed by atoms with E-state index in [1.807, 2.05) is 41.6 Å². The number of aromatic nitrogens is 4. The minimum absolute atomic E-state index is 0.149. The van der Waals surface area contributed by atoms with Crippen LogP contribution in [0.3, 0.4) is 0 Å². The molecule has 3 aromatic rings. The molecule has 0 aliphatic carbocycles. The quantitative estimate of drug-likeness (QED) is 0.563. The largest absolute Gasteiger partial charge is 0.573 e. The van der Waals surface area contributed by atoms with E-state index in [9.17, 15) is 18.0 Å². The molecular weight excluding hydrogens is 475 g/mol. The topological polar surface area (TPSA) is 111 Å². The van der Waals surface area contributed by atoms with E-state index in [0.717, 1.165) is 24.1 Å². The number of pyridine rings is 2. The Kier molecular flexibility index (Phi) is 5.56. The Balaban J connectivity index is 1.34.